The average molecular weight is 299 g/mol. The Morgan fingerprint density at radius 1 is 1.32 bits per heavy atom. The molecule has 2 N–H and O–H groups in total. The maximum absolute atomic E-state index is 12.2. The molecule has 1 saturated heterocycles. The van der Waals surface area contributed by atoms with Gasteiger partial charge in [-0.25, -0.2) is 4.98 Å². The third-order valence-corrected chi connectivity index (χ3v) is 4.24. The number of nitrogens with zero attached hydrogens (tertiary/aromatic N) is 1. The molecule has 116 valence electrons. The Morgan fingerprint density at radius 2 is 2.05 bits per heavy atom. The summed E-state index contributed by atoms with van der Waals surface area (Å²) < 4.78 is 5.77. The molecule has 1 amide bonds. The first-order chi connectivity index (χ1) is 10.6. The molecular formula is C17H21N3O2. The van der Waals surface area contributed by atoms with E-state index in [2.05, 4.69) is 15.6 Å². The van der Waals surface area contributed by atoms with Crippen LogP contribution in [-0.4, -0.2) is 24.0 Å². The lowest BCUT2D eigenvalue weighted by Gasteiger charge is -2.32. The fraction of sp³-hybridized carbons (Fsp3) is 0.412. The van der Waals surface area contributed by atoms with Crippen molar-refractivity contribution in [2.24, 2.45) is 11.8 Å². The number of amides is 1. The van der Waals surface area contributed by atoms with Crippen molar-refractivity contribution in [3.63, 3.8) is 0 Å². The number of rotatable bonds is 5. The van der Waals surface area contributed by atoms with Crippen LogP contribution in [0.4, 0.5) is 0 Å². The number of aromatic nitrogens is 1. The van der Waals surface area contributed by atoms with Gasteiger partial charge in [-0.3, -0.25) is 4.79 Å². The first kappa shape index (κ1) is 14.8. The smallest absolute Gasteiger partial charge is 0.223 e. The molecule has 0 bridgehead atoms. The third-order valence-electron chi connectivity index (χ3n) is 4.24. The minimum Gasteiger partial charge on any atom is -0.438 e. The van der Waals surface area contributed by atoms with Crippen LogP contribution < -0.4 is 10.6 Å². The minimum atomic E-state index is -0.236. The normalized spacial score (nSPS) is 17.5. The molecule has 2 atom stereocenters. The van der Waals surface area contributed by atoms with Crippen LogP contribution in [-0.2, 0) is 4.79 Å². The Morgan fingerprint density at radius 3 is 2.68 bits per heavy atom. The maximum Gasteiger partial charge on any atom is 0.223 e. The van der Waals surface area contributed by atoms with Gasteiger partial charge in [-0.1, -0.05) is 37.3 Å². The molecule has 0 radical (unpaired) electrons. The van der Waals surface area contributed by atoms with Gasteiger partial charge >= 0.3 is 0 Å². The Balaban J connectivity index is 1.64. The first-order valence-corrected chi connectivity index (χ1v) is 7.67. The summed E-state index contributed by atoms with van der Waals surface area (Å²) in [6.45, 7) is 5.70. The number of hydrogen-bond acceptors (Lipinski definition) is 4. The Kier molecular flexibility index (Phi) is 4.24. The van der Waals surface area contributed by atoms with Gasteiger partial charge in [-0.05, 0) is 25.9 Å². The zero-order valence-electron chi connectivity index (χ0n) is 12.9. The quantitative estimate of drug-likeness (QED) is 0.889. The summed E-state index contributed by atoms with van der Waals surface area (Å²) in [4.78, 5) is 16.5. The summed E-state index contributed by atoms with van der Waals surface area (Å²) in [5.41, 5.74) is 0.980. The summed E-state index contributed by atoms with van der Waals surface area (Å²) in [5.74, 6) is 1.74. The van der Waals surface area contributed by atoms with Gasteiger partial charge in [0.25, 0.3) is 0 Å². The predicted molar refractivity (Wildman–Crippen MR) is 84.0 cm³/mol. The maximum atomic E-state index is 12.2. The van der Waals surface area contributed by atoms with E-state index in [0.29, 0.717) is 17.6 Å². The van der Waals surface area contributed by atoms with Crippen molar-refractivity contribution in [3.05, 3.63) is 42.4 Å². The molecule has 1 fully saturated rings. The highest BCUT2D eigenvalue weighted by molar-refractivity contribution is 5.79. The van der Waals surface area contributed by atoms with Crippen molar-refractivity contribution < 1.29 is 9.21 Å². The fourth-order valence-electron chi connectivity index (χ4n) is 2.51. The lowest BCUT2D eigenvalue weighted by atomic mass is 9.88. The van der Waals surface area contributed by atoms with Crippen molar-refractivity contribution >= 4 is 5.91 Å². The van der Waals surface area contributed by atoms with Crippen molar-refractivity contribution in [2.45, 2.75) is 19.9 Å². The van der Waals surface area contributed by atoms with Crippen molar-refractivity contribution in [2.75, 3.05) is 13.1 Å². The molecule has 2 unspecified atom stereocenters. The van der Waals surface area contributed by atoms with Crippen LogP contribution in [0.25, 0.3) is 11.3 Å². The van der Waals surface area contributed by atoms with Crippen LogP contribution in [0.3, 0.4) is 0 Å². The van der Waals surface area contributed by atoms with Gasteiger partial charge in [0.2, 0.25) is 11.8 Å². The molecule has 3 rings (SSSR count). The van der Waals surface area contributed by atoms with E-state index in [1.54, 1.807) is 6.20 Å². The number of benzene rings is 1. The summed E-state index contributed by atoms with van der Waals surface area (Å²) in [5, 5.41) is 6.18. The van der Waals surface area contributed by atoms with Gasteiger partial charge < -0.3 is 15.1 Å². The number of oxazole rings is 1. The topological polar surface area (TPSA) is 67.2 Å². The third kappa shape index (κ3) is 3.04. The van der Waals surface area contributed by atoms with Gasteiger partial charge in [0, 0.05) is 11.5 Å². The highest BCUT2D eigenvalue weighted by atomic mass is 16.4. The molecule has 0 aliphatic carbocycles. The molecule has 1 aliphatic rings. The fourth-order valence-corrected chi connectivity index (χ4v) is 2.51. The monoisotopic (exact) mass is 299 g/mol. The zero-order valence-corrected chi connectivity index (χ0v) is 12.9. The van der Waals surface area contributed by atoms with E-state index in [1.165, 1.54) is 0 Å². The van der Waals surface area contributed by atoms with Crippen LogP contribution in [0.2, 0.25) is 0 Å². The first-order valence-electron chi connectivity index (χ1n) is 7.67. The van der Waals surface area contributed by atoms with E-state index >= 15 is 0 Å². The molecule has 1 aromatic carbocycles. The van der Waals surface area contributed by atoms with E-state index in [9.17, 15) is 4.79 Å². The lowest BCUT2D eigenvalue weighted by molar-refractivity contribution is -0.127. The number of hydrogen-bond donors (Lipinski definition) is 2. The van der Waals surface area contributed by atoms with Gasteiger partial charge in [0.1, 0.15) is 6.04 Å². The van der Waals surface area contributed by atoms with Crippen LogP contribution in [0.1, 0.15) is 25.8 Å². The number of carbonyl (C=O) groups excluding carboxylic acids is 1. The summed E-state index contributed by atoms with van der Waals surface area (Å²) in [6.07, 6.45) is 1.70. The standard InChI is InChI=1S/C17H21N3O2/c1-11(14-8-18-9-14)16(21)20-12(2)17-19-10-15(22-17)13-6-4-3-5-7-13/h3-7,10-12,14,18H,8-9H2,1-2H3,(H,20,21). The van der Waals surface area contributed by atoms with E-state index in [-0.39, 0.29) is 17.9 Å². The van der Waals surface area contributed by atoms with Crippen LogP contribution >= 0.6 is 0 Å². The van der Waals surface area contributed by atoms with Crippen molar-refractivity contribution in [1.29, 1.82) is 0 Å². The summed E-state index contributed by atoms with van der Waals surface area (Å²) in [7, 11) is 0. The SMILES string of the molecule is CC(NC(=O)C(C)C1CNC1)c1ncc(-c2ccccc2)o1. The van der Waals surface area contributed by atoms with E-state index in [0.717, 1.165) is 18.7 Å². The van der Waals surface area contributed by atoms with Gasteiger partial charge in [-0.2, -0.15) is 0 Å². The van der Waals surface area contributed by atoms with Crippen molar-refractivity contribution in [3.8, 4) is 11.3 Å². The zero-order chi connectivity index (χ0) is 15.5. The largest absolute Gasteiger partial charge is 0.438 e. The Labute approximate surface area is 130 Å². The molecule has 0 spiro atoms. The summed E-state index contributed by atoms with van der Waals surface area (Å²) >= 11 is 0. The predicted octanol–water partition coefficient (Wildman–Crippen LogP) is 2.37. The van der Waals surface area contributed by atoms with Crippen LogP contribution in [0.5, 0.6) is 0 Å². The highest BCUT2D eigenvalue weighted by Gasteiger charge is 2.29. The highest BCUT2D eigenvalue weighted by Crippen LogP contribution is 2.23. The van der Waals surface area contributed by atoms with Crippen LogP contribution in [0, 0.1) is 11.8 Å². The molecule has 1 aromatic heterocycles. The van der Waals surface area contributed by atoms with E-state index < -0.39 is 0 Å². The van der Waals surface area contributed by atoms with Crippen molar-refractivity contribution in [1.82, 2.24) is 15.6 Å². The molecule has 2 aromatic rings. The molecule has 2 heterocycles. The van der Waals surface area contributed by atoms with E-state index in [1.807, 2.05) is 44.2 Å². The average Bonchev–Trinajstić information content (AvgIpc) is 2.96. The second kappa shape index (κ2) is 6.32. The number of nitrogens with one attached hydrogen (secondary N) is 2. The molecule has 1 aliphatic heterocycles. The molecular weight excluding hydrogens is 278 g/mol. The summed E-state index contributed by atoms with van der Waals surface area (Å²) in [6, 6.07) is 9.58. The molecule has 5 heteroatoms. The second-order valence-electron chi connectivity index (χ2n) is 5.87. The Bertz CT molecular complexity index is 634. The van der Waals surface area contributed by atoms with Gasteiger partial charge in [0.15, 0.2) is 5.76 Å². The molecule has 0 saturated carbocycles. The van der Waals surface area contributed by atoms with E-state index in [4.69, 9.17) is 4.42 Å². The van der Waals surface area contributed by atoms with Crippen LogP contribution in [0.15, 0.2) is 40.9 Å². The molecule has 22 heavy (non-hydrogen) atoms. The minimum absolute atomic E-state index is 0.00672. The Hall–Kier alpha value is -2.14. The number of carbonyl (C=O) groups is 1. The lowest BCUT2D eigenvalue weighted by Crippen LogP contribution is -2.49. The molecule has 5 nitrogen and oxygen atoms in total. The van der Waals surface area contributed by atoms with Gasteiger partial charge in [-0.15, -0.1) is 0 Å². The second-order valence-corrected chi connectivity index (χ2v) is 5.87. The van der Waals surface area contributed by atoms with Gasteiger partial charge in [0.05, 0.1) is 6.20 Å².